The van der Waals surface area contributed by atoms with E-state index in [0.717, 1.165) is 42.2 Å². The summed E-state index contributed by atoms with van der Waals surface area (Å²) in [5.41, 5.74) is 4.63. The molecular formula is C22H26N2O2. The summed E-state index contributed by atoms with van der Waals surface area (Å²) in [5.74, 6) is 1.79. The number of ether oxygens (including phenoxy) is 2. The summed E-state index contributed by atoms with van der Waals surface area (Å²) >= 11 is 0. The number of aromatic nitrogens is 1. The van der Waals surface area contributed by atoms with Crippen molar-refractivity contribution in [3.63, 3.8) is 0 Å². The Labute approximate surface area is 155 Å². The van der Waals surface area contributed by atoms with Crippen LogP contribution >= 0.6 is 0 Å². The first-order valence-electron chi connectivity index (χ1n) is 8.78. The Hall–Kier alpha value is -2.88. The molecule has 0 saturated carbocycles. The van der Waals surface area contributed by atoms with Crippen LogP contribution in [0.4, 0.5) is 0 Å². The van der Waals surface area contributed by atoms with Gasteiger partial charge in [-0.2, -0.15) is 0 Å². The third-order valence-electron chi connectivity index (χ3n) is 4.72. The summed E-state index contributed by atoms with van der Waals surface area (Å²) in [6, 6.07) is 14.3. The molecule has 4 nitrogen and oxygen atoms in total. The molecule has 3 rings (SSSR count). The van der Waals surface area contributed by atoms with E-state index in [1.54, 1.807) is 14.2 Å². The number of rotatable bonds is 8. The van der Waals surface area contributed by atoms with Crippen molar-refractivity contribution in [2.75, 3.05) is 20.8 Å². The van der Waals surface area contributed by atoms with Gasteiger partial charge in [0.25, 0.3) is 0 Å². The predicted octanol–water partition coefficient (Wildman–Crippen LogP) is 4.76. The summed E-state index contributed by atoms with van der Waals surface area (Å²) in [4.78, 5) is 5.63. The summed E-state index contributed by atoms with van der Waals surface area (Å²) in [7, 11) is 3.41. The number of para-hydroxylation sites is 1. The number of aromatic amines is 1. The molecule has 0 amide bonds. The van der Waals surface area contributed by atoms with E-state index in [1.807, 2.05) is 31.2 Å². The van der Waals surface area contributed by atoms with E-state index in [-0.39, 0.29) is 0 Å². The van der Waals surface area contributed by atoms with Crippen molar-refractivity contribution in [2.45, 2.75) is 19.9 Å². The van der Waals surface area contributed by atoms with Gasteiger partial charge in [0.05, 0.1) is 14.2 Å². The Morgan fingerprint density at radius 2 is 1.88 bits per heavy atom. The molecule has 0 atom stereocenters. The molecule has 0 radical (unpaired) electrons. The first kappa shape index (κ1) is 17.9. The molecular weight excluding hydrogens is 324 g/mol. The van der Waals surface area contributed by atoms with Gasteiger partial charge in [-0.05, 0) is 43.2 Å². The first-order valence-corrected chi connectivity index (χ1v) is 8.78. The fourth-order valence-corrected chi connectivity index (χ4v) is 3.19. The van der Waals surface area contributed by atoms with E-state index >= 15 is 0 Å². The number of nitrogens with zero attached hydrogens (tertiary/aromatic N) is 1. The quantitative estimate of drug-likeness (QED) is 0.636. The van der Waals surface area contributed by atoms with Crippen molar-refractivity contribution in [3.8, 4) is 11.5 Å². The van der Waals surface area contributed by atoms with Crippen LogP contribution in [-0.2, 0) is 13.0 Å². The Balaban J connectivity index is 1.76. The summed E-state index contributed by atoms with van der Waals surface area (Å²) in [6.45, 7) is 7.87. The molecule has 1 heterocycles. The lowest BCUT2D eigenvalue weighted by atomic mass is 10.1. The van der Waals surface area contributed by atoms with Crippen LogP contribution in [0.1, 0.15) is 18.1 Å². The van der Waals surface area contributed by atoms with Gasteiger partial charge in [0.15, 0.2) is 0 Å². The van der Waals surface area contributed by atoms with Crippen LogP contribution < -0.4 is 9.47 Å². The number of methoxy groups -OCH3 is 2. The number of fused-ring (bicyclic) bond motifs is 1. The normalized spacial score (nSPS) is 10.7. The molecule has 0 aliphatic carbocycles. The Kier molecular flexibility index (Phi) is 5.52. The monoisotopic (exact) mass is 350 g/mol. The van der Waals surface area contributed by atoms with E-state index in [0.29, 0.717) is 0 Å². The van der Waals surface area contributed by atoms with Crippen LogP contribution in [0.3, 0.4) is 0 Å². The molecule has 1 aromatic heterocycles. The van der Waals surface area contributed by atoms with Gasteiger partial charge in [0.2, 0.25) is 0 Å². The highest BCUT2D eigenvalue weighted by molar-refractivity contribution is 5.84. The molecule has 3 aromatic rings. The van der Waals surface area contributed by atoms with Crippen molar-refractivity contribution in [2.24, 2.45) is 0 Å². The predicted molar refractivity (Wildman–Crippen MR) is 107 cm³/mol. The van der Waals surface area contributed by atoms with Gasteiger partial charge in [-0.1, -0.05) is 24.8 Å². The molecule has 1 N–H and O–H groups in total. The second-order valence-corrected chi connectivity index (χ2v) is 6.44. The standard InChI is InChI=1S/C22H26N2O2/c1-16(2)24(15-18-7-5-6-8-22(18)26-4)12-11-17-14-23-21-10-9-19(25-3)13-20(17)21/h5-10,13-14,23H,1,11-12,15H2,2-4H3. The highest BCUT2D eigenvalue weighted by atomic mass is 16.5. The fourth-order valence-electron chi connectivity index (χ4n) is 3.19. The van der Waals surface area contributed by atoms with E-state index in [4.69, 9.17) is 9.47 Å². The SMILES string of the molecule is C=C(C)N(CCc1c[nH]c2ccc(OC)cc12)Cc1ccccc1OC. The fraction of sp³-hybridized carbons (Fsp3) is 0.273. The summed E-state index contributed by atoms with van der Waals surface area (Å²) < 4.78 is 10.8. The van der Waals surface area contributed by atoms with Crippen molar-refractivity contribution in [1.29, 1.82) is 0 Å². The number of allylic oxidation sites excluding steroid dienone is 1. The third kappa shape index (κ3) is 3.85. The maximum atomic E-state index is 5.48. The van der Waals surface area contributed by atoms with Crippen molar-refractivity contribution in [3.05, 3.63) is 72.1 Å². The highest BCUT2D eigenvalue weighted by Gasteiger charge is 2.11. The molecule has 0 unspecified atom stereocenters. The molecule has 2 aromatic carbocycles. The van der Waals surface area contributed by atoms with Crippen molar-refractivity contribution in [1.82, 2.24) is 9.88 Å². The summed E-state index contributed by atoms with van der Waals surface area (Å²) in [6.07, 6.45) is 3.01. The zero-order valence-corrected chi connectivity index (χ0v) is 15.7. The van der Waals surface area contributed by atoms with Crippen LogP contribution in [-0.4, -0.2) is 30.6 Å². The van der Waals surface area contributed by atoms with Gasteiger partial charge in [0.1, 0.15) is 11.5 Å². The van der Waals surface area contributed by atoms with Gasteiger partial charge >= 0.3 is 0 Å². The molecule has 26 heavy (non-hydrogen) atoms. The third-order valence-corrected chi connectivity index (χ3v) is 4.72. The van der Waals surface area contributed by atoms with Crippen molar-refractivity contribution < 1.29 is 9.47 Å². The zero-order chi connectivity index (χ0) is 18.5. The van der Waals surface area contributed by atoms with Crippen LogP contribution in [0, 0.1) is 0 Å². The average molecular weight is 350 g/mol. The Morgan fingerprint density at radius 1 is 1.08 bits per heavy atom. The maximum absolute atomic E-state index is 5.48. The minimum absolute atomic E-state index is 0.783. The van der Waals surface area contributed by atoms with Gasteiger partial charge in [-0.25, -0.2) is 0 Å². The molecule has 0 saturated heterocycles. The molecule has 0 bridgehead atoms. The molecule has 0 spiro atoms. The topological polar surface area (TPSA) is 37.5 Å². The van der Waals surface area contributed by atoms with E-state index in [2.05, 4.69) is 40.9 Å². The first-order chi connectivity index (χ1) is 12.6. The van der Waals surface area contributed by atoms with E-state index < -0.39 is 0 Å². The molecule has 0 aliphatic heterocycles. The lowest BCUT2D eigenvalue weighted by Gasteiger charge is -2.25. The van der Waals surface area contributed by atoms with Crippen molar-refractivity contribution >= 4 is 10.9 Å². The molecule has 0 aliphatic rings. The van der Waals surface area contributed by atoms with Gasteiger partial charge in [-0.3, -0.25) is 0 Å². The van der Waals surface area contributed by atoms with E-state index in [9.17, 15) is 0 Å². The van der Waals surface area contributed by atoms with Gasteiger partial charge < -0.3 is 19.4 Å². The Bertz CT molecular complexity index is 898. The number of H-pyrrole nitrogens is 1. The number of benzene rings is 2. The molecule has 136 valence electrons. The number of nitrogens with one attached hydrogen (secondary N) is 1. The van der Waals surface area contributed by atoms with E-state index in [1.165, 1.54) is 16.5 Å². The minimum Gasteiger partial charge on any atom is -0.497 e. The highest BCUT2D eigenvalue weighted by Crippen LogP contribution is 2.25. The molecule has 0 fully saturated rings. The largest absolute Gasteiger partial charge is 0.497 e. The molecule has 4 heteroatoms. The maximum Gasteiger partial charge on any atom is 0.123 e. The van der Waals surface area contributed by atoms with Crippen LogP contribution in [0.2, 0.25) is 0 Å². The number of hydrogen-bond donors (Lipinski definition) is 1. The number of hydrogen-bond acceptors (Lipinski definition) is 3. The van der Waals surface area contributed by atoms with Crippen LogP contribution in [0.25, 0.3) is 10.9 Å². The smallest absolute Gasteiger partial charge is 0.123 e. The zero-order valence-electron chi connectivity index (χ0n) is 15.7. The minimum atomic E-state index is 0.783. The van der Waals surface area contributed by atoms with Gasteiger partial charge in [0, 0.05) is 41.4 Å². The second kappa shape index (κ2) is 8.00. The Morgan fingerprint density at radius 3 is 2.62 bits per heavy atom. The van der Waals surface area contributed by atoms with Crippen LogP contribution in [0.5, 0.6) is 11.5 Å². The lowest BCUT2D eigenvalue weighted by molar-refractivity contribution is 0.331. The lowest BCUT2D eigenvalue weighted by Crippen LogP contribution is -2.23. The second-order valence-electron chi connectivity index (χ2n) is 6.44. The average Bonchev–Trinajstić information content (AvgIpc) is 3.07. The van der Waals surface area contributed by atoms with Crippen LogP contribution in [0.15, 0.2) is 60.9 Å². The summed E-state index contributed by atoms with van der Waals surface area (Å²) in [5, 5.41) is 1.21. The van der Waals surface area contributed by atoms with Gasteiger partial charge in [-0.15, -0.1) is 0 Å².